The molecule has 1 aromatic carbocycles. The van der Waals surface area contributed by atoms with Gasteiger partial charge in [-0.15, -0.1) is 0 Å². The Bertz CT molecular complexity index is 460. The van der Waals surface area contributed by atoms with E-state index in [2.05, 4.69) is 19.3 Å². The molecule has 0 bridgehead atoms. The Hall–Kier alpha value is -0.280. The molecule has 0 heterocycles. The quantitative estimate of drug-likeness (QED) is 0.630. The molecule has 3 N–H and O–H groups in total. The highest BCUT2D eigenvalue weighted by molar-refractivity contribution is 6.42. The van der Waals surface area contributed by atoms with E-state index in [1.54, 1.807) is 0 Å². The summed E-state index contributed by atoms with van der Waals surface area (Å²) in [7, 11) is 0. The van der Waals surface area contributed by atoms with E-state index >= 15 is 0 Å². The monoisotopic (exact) mass is 314 g/mol. The molecular formula is C16H24Cl2N2. The zero-order chi connectivity index (χ0) is 14.8. The average molecular weight is 315 g/mol. The van der Waals surface area contributed by atoms with Crippen molar-refractivity contribution in [3.8, 4) is 0 Å². The largest absolute Gasteiger partial charge is 0.271 e. The standard InChI is InChI=1S/C16H24Cl2N2/c1-16(2)9-4-3-7-12(16)14(20-19)10-11-6-5-8-13(17)15(11)18/h5-6,8,12,14,20H,3-4,7,9-10,19H2,1-2H3. The summed E-state index contributed by atoms with van der Waals surface area (Å²) in [6, 6.07) is 6.04. The molecular weight excluding hydrogens is 291 g/mol. The minimum atomic E-state index is 0.237. The number of nitrogens with two attached hydrogens (primary N) is 1. The van der Waals surface area contributed by atoms with Gasteiger partial charge in [-0.2, -0.15) is 0 Å². The zero-order valence-corrected chi connectivity index (χ0v) is 13.8. The number of benzene rings is 1. The fourth-order valence-corrected chi connectivity index (χ4v) is 3.92. The highest BCUT2D eigenvalue weighted by atomic mass is 35.5. The lowest BCUT2D eigenvalue weighted by Gasteiger charge is -2.43. The van der Waals surface area contributed by atoms with Crippen LogP contribution in [0.2, 0.25) is 10.0 Å². The van der Waals surface area contributed by atoms with Crippen LogP contribution in [0, 0.1) is 11.3 Å². The van der Waals surface area contributed by atoms with Crippen LogP contribution in [0.15, 0.2) is 18.2 Å². The number of hydrazine groups is 1. The van der Waals surface area contributed by atoms with Gasteiger partial charge in [-0.1, -0.05) is 62.0 Å². The summed E-state index contributed by atoms with van der Waals surface area (Å²) in [6.07, 6.45) is 5.91. The fourth-order valence-electron chi connectivity index (χ4n) is 3.53. The predicted octanol–water partition coefficient (Wildman–Crippen LogP) is 4.58. The van der Waals surface area contributed by atoms with Gasteiger partial charge in [-0.25, -0.2) is 0 Å². The number of hydrogen-bond acceptors (Lipinski definition) is 2. The lowest BCUT2D eigenvalue weighted by atomic mass is 9.65. The first-order chi connectivity index (χ1) is 9.45. The first-order valence-electron chi connectivity index (χ1n) is 7.34. The summed E-state index contributed by atoms with van der Waals surface area (Å²) < 4.78 is 0. The van der Waals surface area contributed by atoms with Crippen LogP contribution >= 0.6 is 23.2 Å². The molecule has 0 saturated heterocycles. The number of nitrogens with one attached hydrogen (secondary N) is 1. The van der Waals surface area contributed by atoms with Crippen LogP contribution in [0.25, 0.3) is 0 Å². The number of hydrogen-bond donors (Lipinski definition) is 2. The molecule has 1 aromatic rings. The molecule has 1 saturated carbocycles. The molecule has 2 nitrogen and oxygen atoms in total. The molecule has 112 valence electrons. The summed E-state index contributed by atoms with van der Waals surface area (Å²) in [5.74, 6) is 6.40. The molecule has 2 unspecified atom stereocenters. The normalized spacial score (nSPS) is 23.6. The summed E-state index contributed by atoms with van der Waals surface area (Å²) in [5, 5.41) is 1.27. The second-order valence-corrected chi connectivity index (χ2v) is 7.32. The van der Waals surface area contributed by atoms with E-state index in [-0.39, 0.29) is 6.04 Å². The summed E-state index contributed by atoms with van der Waals surface area (Å²) in [6.45, 7) is 4.70. The molecule has 1 fully saturated rings. The maximum atomic E-state index is 6.30. The second kappa shape index (κ2) is 6.65. The lowest BCUT2D eigenvalue weighted by molar-refractivity contribution is 0.0982. The first kappa shape index (κ1) is 16.1. The molecule has 20 heavy (non-hydrogen) atoms. The SMILES string of the molecule is CC1(C)CCCCC1C(Cc1cccc(Cl)c1Cl)NN. The van der Waals surface area contributed by atoms with Crippen molar-refractivity contribution in [2.24, 2.45) is 17.2 Å². The van der Waals surface area contributed by atoms with Crippen molar-refractivity contribution in [1.82, 2.24) is 5.43 Å². The highest BCUT2D eigenvalue weighted by Crippen LogP contribution is 2.43. The Kier molecular flexibility index (Phi) is 5.36. The molecule has 0 spiro atoms. The lowest BCUT2D eigenvalue weighted by Crippen LogP contribution is -2.48. The van der Waals surface area contributed by atoms with E-state index in [0.717, 1.165) is 12.0 Å². The van der Waals surface area contributed by atoms with Crippen LogP contribution in [-0.4, -0.2) is 6.04 Å². The van der Waals surface area contributed by atoms with Gasteiger partial charge in [0, 0.05) is 6.04 Å². The number of halogens is 2. The van der Waals surface area contributed by atoms with Crippen molar-refractivity contribution in [3.05, 3.63) is 33.8 Å². The third-order valence-electron chi connectivity index (χ3n) is 4.76. The average Bonchev–Trinajstić information content (AvgIpc) is 2.41. The third kappa shape index (κ3) is 3.48. The van der Waals surface area contributed by atoms with E-state index in [9.17, 15) is 0 Å². The molecule has 0 radical (unpaired) electrons. The van der Waals surface area contributed by atoms with Gasteiger partial charge < -0.3 is 0 Å². The van der Waals surface area contributed by atoms with Crippen LogP contribution in [0.3, 0.4) is 0 Å². The molecule has 4 heteroatoms. The molecule has 1 aliphatic carbocycles. The number of rotatable bonds is 4. The minimum Gasteiger partial charge on any atom is -0.271 e. The van der Waals surface area contributed by atoms with E-state index in [4.69, 9.17) is 29.0 Å². The molecule has 0 aromatic heterocycles. The van der Waals surface area contributed by atoms with E-state index in [1.165, 1.54) is 25.7 Å². The summed E-state index contributed by atoms with van der Waals surface area (Å²) in [5.41, 5.74) is 4.41. The van der Waals surface area contributed by atoms with Crippen LogP contribution in [0.1, 0.15) is 45.1 Å². The Morgan fingerprint density at radius 1 is 1.35 bits per heavy atom. The van der Waals surface area contributed by atoms with Gasteiger partial charge in [-0.3, -0.25) is 11.3 Å². The highest BCUT2D eigenvalue weighted by Gasteiger charge is 2.37. The maximum Gasteiger partial charge on any atom is 0.0624 e. The predicted molar refractivity (Wildman–Crippen MR) is 87.0 cm³/mol. The molecule has 0 aliphatic heterocycles. The Morgan fingerprint density at radius 3 is 2.75 bits per heavy atom. The molecule has 1 aliphatic rings. The smallest absolute Gasteiger partial charge is 0.0624 e. The first-order valence-corrected chi connectivity index (χ1v) is 8.10. The summed E-state index contributed by atoms with van der Waals surface area (Å²) in [4.78, 5) is 0. The van der Waals surface area contributed by atoms with Crippen molar-refractivity contribution in [3.63, 3.8) is 0 Å². The van der Waals surface area contributed by atoms with Gasteiger partial charge in [0.1, 0.15) is 0 Å². The Morgan fingerprint density at radius 2 is 2.10 bits per heavy atom. The van der Waals surface area contributed by atoms with E-state index < -0.39 is 0 Å². The molecule has 2 rings (SSSR count). The zero-order valence-electron chi connectivity index (χ0n) is 12.3. The van der Waals surface area contributed by atoms with Crippen molar-refractivity contribution in [1.29, 1.82) is 0 Å². The van der Waals surface area contributed by atoms with Crippen LogP contribution in [0.4, 0.5) is 0 Å². The molecule has 0 amide bonds. The van der Waals surface area contributed by atoms with Gasteiger partial charge in [0.2, 0.25) is 0 Å². The maximum absolute atomic E-state index is 6.30. The molecule has 2 atom stereocenters. The summed E-state index contributed by atoms with van der Waals surface area (Å²) >= 11 is 12.4. The Labute approximate surface area is 132 Å². The van der Waals surface area contributed by atoms with Crippen LogP contribution < -0.4 is 11.3 Å². The van der Waals surface area contributed by atoms with Crippen molar-refractivity contribution in [2.45, 2.75) is 52.0 Å². The minimum absolute atomic E-state index is 0.237. The van der Waals surface area contributed by atoms with Crippen molar-refractivity contribution >= 4 is 23.2 Å². The van der Waals surface area contributed by atoms with Gasteiger partial charge in [0.25, 0.3) is 0 Å². The van der Waals surface area contributed by atoms with Crippen molar-refractivity contribution in [2.75, 3.05) is 0 Å². The van der Waals surface area contributed by atoms with E-state index in [1.807, 2.05) is 18.2 Å². The van der Waals surface area contributed by atoms with E-state index in [0.29, 0.717) is 21.4 Å². The van der Waals surface area contributed by atoms with Crippen LogP contribution in [0.5, 0.6) is 0 Å². The van der Waals surface area contributed by atoms with Gasteiger partial charge in [-0.05, 0) is 42.2 Å². The third-order valence-corrected chi connectivity index (χ3v) is 5.62. The van der Waals surface area contributed by atoms with Crippen LogP contribution in [-0.2, 0) is 6.42 Å². The second-order valence-electron chi connectivity index (χ2n) is 6.53. The van der Waals surface area contributed by atoms with Gasteiger partial charge in [0.05, 0.1) is 10.0 Å². The topological polar surface area (TPSA) is 38.0 Å². The van der Waals surface area contributed by atoms with Gasteiger partial charge >= 0.3 is 0 Å². The van der Waals surface area contributed by atoms with Crippen molar-refractivity contribution < 1.29 is 0 Å². The fraction of sp³-hybridized carbons (Fsp3) is 0.625. The Balaban J connectivity index is 2.18. The van der Waals surface area contributed by atoms with Gasteiger partial charge in [0.15, 0.2) is 0 Å².